The number of sulfonamides is 1. The molecule has 3 aromatic carbocycles. The summed E-state index contributed by atoms with van der Waals surface area (Å²) < 4.78 is 37.2. The van der Waals surface area contributed by atoms with E-state index in [0.717, 1.165) is 16.1 Å². The molecule has 0 aliphatic rings. The SMILES string of the molecule is COc1ccccc1CNC(=O)CN(c1ccccc1Oc1ccccc1)S(C)(=O)=O. The van der Waals surface area contributed by atoms with Gasteiger partial charge in [-0.2, -0.15) is 0 Å². The molecule has 0 aliphatic heterocycles. The first-order valence-electron chi connectivity index (χ1n) is 9.56. The smallest absolute Gasteiger partial charge is 0.241 e. The van der Waals surface area contributed by atoms with Crippen LogP contribution in [0, 0.1) is 0 Å². The summed E-state index contributed by atoms with van der Waals surface area (Å²) in [6.45, 7) is -0.175. The lowest BCUT2D eigenvalue weighted by atomic mass is 10.2. The van der Waals surface area contributed by atoms with Gasteiger partial charge in [0.15, 0.2) is 5.75 Å². The molecule has 7 nitrogen and oxygen atoms in total. The van der Waals surface area contributed by atoms with E-state index < -0.39 is 15.9 Å². The van der Waals surface area contributed by atoms with Gasteiger partial charge in [0.05, 0.1) is 19.1 Å². The number of hydrogen-bond donors (Lipinski definition) is 1. The zero-order chi connectivity index (χ0) is 22.3. The third-order valence-electron chi connectivity index (χ3n) is 4.46. The number of benzene rings is 3. The van der Waals surface area contributed by atoms with Crippen LogP contribution in [-0.2, 0) is 21.4 Å². The summed E-state index contributed by atoms with van der Waals surface area (Å²) in [6, 6.07) is 23.0. The van der Waals surface area contributed by atoms with Crippen LogP contribution < -0.4 is 19.1 Å². The third-order valence-corrected chi connectivity index (χ3v) is 5.59. The maximum Gasteiger partial charge on any atom is 0.241 e. The van der Waals surface area contributed by atoms with Crippen LogP contribution in [-0.4, -0.2) is 34.2 Å². The van der Waals surface area contributed by atoms with Gasteiger partial charge < -0.3 is 14.8 Å². The third kappa shape index (κ3) is 5.99. The van der Waals surface area contributed by atoms with Gasteiger partial charge in [0.1, 0.15) is 18.0 Å². The Hall–Kier alpha value is -3.52. The number of amides is 1. The Labute approximate surface area is 182 Å². The fraction of sp³-hybridized carbons (Fsp3) is 0.174. The standard InChI is InChI=1S/C23H24N2O5S/c1-29-21-14-8-6-10-18(21)16-24-23(26)17-25(31(2,27)28)20-13-7-9-15-22(20)30-19-11-4-3-5-12-19/h3-15H,16-17H2,1-2H3,(H,24,26). The molecule has 0 aromatic heterocycles. The highest BCUT2D eigenvalue weighted by Crippen LogP contribution is 2.33. The van der Waals surface area contributed by atoms with Gasteiger partial charge in [-0.05, 0) is 30.3 Å². The normalized spacial score (nSPS) is 10.9. The number of carbonyl (C=O) groups excluding carboxylic acids is 1. The Morgan fingerprint density at radius 3 is 2.19 bits per heavy atom. The molecule has 0 bridgehead atoms. The maximum atomic E-state index is 12.6. The molecular weight excluding hydrogens is 416 g/mol. The van der Waals surface area contributed by atoms with Gasteiger partial charge in [0, 0.05) is 12.1 Å². The Bertz CT molecular complexity index is 1130. The molecule has 0 saturated carbocycles. The van der Waals surface area contributed by atoms with Crippen molar-refractivity contribution >= 4 is 21.6 Å². The topological polar surface area (TPSA) is 84.9 Å². The number of para-hydroxylation sites is 4. The predicted molar refractivity (Wildman–Crippen MR) is 120 cm³/mol. The summed E-state index contributed by atoms with van der Waals surface area (Å²) in [5.41, 5.74) is 1.07. The average molecular weight is 441 g/mol. The van der Waals surface area contributed by atoms with Gasteiger partial charge in [-0.1, -0.05) is 48.5 Å². The van der Waals surface area contributed by atoms with Crippen LogP contribution in [0.15, 0.2) is 78.9 Å². The molecule has 0 saturated heterocycles. The molecular formula is C23H24N2O5S. The van der Waals surface area contributed by atoms with Crippen molar-refractivity contribution in [2.24, 2.45) is 0 Å². The predicted octanol–water partition coefficient (Wildman–Crippen LogP) is 3.57. The molecule has 1 amide bonds. The number of anilines is 1. The molecule has 8 heteroatoms. The van der Waals surface area contributed by atoms with Crippen LogP contribution in [0.2, 0.25) is 0 Å². The van der Waals surface area contributed by atoms with E-state index in [4.69, 9.17) is 9.47 Å². The Morgan fingerprint density at radius 2 is 1.52 bits per heavy atom. The summed E-state index contributed by atoms with van der Waals surface area (Å²) >= 11 is 0. The van der Waals surface area contributed by atoms with E-state index in [1.807, 2.05) is 36.4 Å². The first-order valence-corrected chi connectivity index (χ1v) is 11.4. The summed E-state index contributed by atoms with van der Waals surface area (Å²) in [5.74, 6) is 1.08. The average Bonchev–Trinajstić information content (AvgIpc) is 2.77. The second-order valence-electron chi connectivity index (χ2n) is 6.74. The highest BCUT2D eigenvalue weighted by molar-refractivity contribution is 7.92. The molecule has 0 spiro atoms. The Morgan fingerprint density at radius 1 is 0.903 bits per heavy atom. The van der Waals surface area contributed by atoms with Crippen molar-refractivity contribution in [3.05, 3.63) is 84.4 Å². The van der Waals surface area contributed by atoms with Crippen molar-refractivity contribution in [2.45, 2.75) is 6.54 Å². The number of nitrogens with zero attached hydrogens (tertiary/aromatic N) is 1. The Balaban J connectivity index is 1.79. The zero-order valence-electron chi connectivity index (χ0n) is 17.3. The van der Waals surface area contributed by atoms with Gasteiger partial charge in [-0.15, -0.1) is 0 Å². The lowest BCUT2D eigenvalue weighted by molar-refractivity contribution is -0.119. The van der Waals surface area contributed by atoms with E-state index in [-0.39, 0.29) is 18.8 Å². The molecule has 162 valence electrons. The second-order valence-corrected chi connectivity index (χ2v) is 8.65. The molecule has 3 aromatic rings. The lowest BCUT2D eigenvalue weighted by Gasteiger charge is -2.24. The fourth-order valence-corrected chi connectivity index (χ4v) is 3.84. The Kier molecular flexibility index (Phi) is 7.15. The molecule has 1 N–H and O–H groups in total. The summed E-state index contributed by atoms with van der Waals surface area (Å²) in [7, 11) is -2.20. The number of hydrogen-bond acceptors (Lipinski definition) is 5. The molecule has 0 fully saturated rings. The van der Waals surface area contributed by atoms with Crippen molar-refractivity contribution in [1.82, 2.24) is 5.32 Å². The number of ether oxygens (including phenoxy) is 2. The first-order chi connectivity index (χ1) is 14.9. The van der Waals surface area contributed by atoms with E-state index in [1.54, 1.807) is 49.6 Å². The van der Waals surface area contributed by atoms with Gasteiger partial charge >= 0.3 is 0 Å². The second kappa shape index (κ2) is 9.99. The van der Waals surface area contributed by atoms with E-state index in [0.29, 0.717) is 17.2 Å². The zero-order valence-corrected chi connectivity index (χ0v) is 18.1. The van der Waals surface area contributed by atoms with Crippen molar-refractivity contribution in [3.8, 4) is 17.2 Å². The van der Waals surface area contributed by atoms with Crippen LogP contribution in [0.1, 0.15) is 5.56 Å². The van der Waals surface area contributed by atoms with E-state index in [1.165, 1.54) is 0 Å². The molecule has 31 heavy (non-hydrogen) atoms. The van der Waals surface area contributed by atoms with Gasteiger partial charge in [-0.25, -0.2) is 8.42 Å². The van der Waals surface area contributed by atoms with Crippen LogP contribution in [0.4, 0.5) is 5.69 Å². The number of nitrogens with one attached hydrogen (secondary N) is 1. The molecule has 0 atom stereocenters. The van der Waals surface area contributed by atoms with Crippen molar-refractivity contribution in [1.29, 1.82) is 0 Å². The van der Waals surface area contributed by atoms with Crippen molar-refractivity contribution in [2.75, 3.05) is 24.2 Å². The molecule has 0 heterocycles. The van der Waals surface area contributed by atoms with Gasteiger partial charge in [0.25, 0.3) is 0 Å². The largest absolute Gasteiger partial charge is 0.496 e. The molecule has 0 unspecified atom stereocenters. The van der Waals surface area contributed by atoms with Crippen molar-refractivity contribution < 1.29 is 22.7 Å². The highest BCUT2D eigenvalue weighted by atomic mass is 32.2. The minimum atomic E-state index is -3.76. The van der Waals surface area contributed by atoms with Gasteiger partial charge in [-0.3, -0.25) is 9.10 Å². The van der Waals surface area contributed by atoms with Gasteiger partial charge in [0.2, 0.25) is 15.9 Å². The minimum absolute atomic E-state index is 0.211. The monoisotopic (exact) mass is 440 g/mol. The van der Waals surface area contributed by atoms with E-state index >= 15 is 0 Å². The first kappa shape index (κ1) is 22.2. The summed E-state index contributed by atoms with van der Waals surface area (Å²) in [5, 5.41) is 2.75. The van der Waals surface area contributed by atoms with Crippen LogP contribution in [0.25, 0.3) is 0 Å². The molecule has 3 rings (SSSR count). The van der Waals surface area contributed by atoms with E-state index in [2.05, 4.69) is 5.32 Å². The van der Waals surface area contributed by atoms with Crippen LogP contribution >= 0.6 is 0 Å². The highest BCUT2D eigenvalue weighted by Gasteiger charge is 2.24. The fourth-order valence-electron chi connectivity index (χ4n) is 2.98. The summed E-state index contributed by atoms with van der Waals surface area (Å²) in [6.07, 6.45) is 1.06. The molecule has 0 aliphatic carbocycles. The molecule has 0 radical (unpaired) electrons. The summed E-state index contributed by atoms with van der Waals surface area (Å²) in [4.78, 5) is 12.6. The van der Waals surface area contributed by atoms with Crippen molar-refractivity contribution in [3.63, 3.8) is 0 Å². The number of rotatable bonds is 9. The van der Waals surface area contributed by atoms with Crippen LogP contribution in [0.3, 0.4) is 0 Å². The van der Waals surface area contributed by atoms with E-state index in [9.17, 15) is 13.2 Å². The van der Waals surface area contributed by atoms with Crippen LogP contribution in [0.5, 0.6) is 17.2 Å². The minimum Gasteiger partial charge on any atom is -0.496 e. The quantitative estimate of drug-likeness (QED) is 0.550. The lowest BCUT2D eigenvalue weighted by Crippen LogP contribution is -2.40. The maximum absolute atomic E-state index is 12.6. The number of carbonyl (C=O) groups is 1. The number of methoxy groups -OCH3 is 1.